The van der Waals surface area contributed by atoms with E-state index in [0.717, 1.165) is 5.56 Å². The Morgan fingerprint density at radius 1 is 1.27 bits per heavy atom. The minimum absolute atomic E-state index is 0.169. The van der Waals surface area contributed by atoms with Gasteiger partial charge in [-0.2, -0.15) is 0 Å². The van der Waals surface area contributed by atoms with Gasteiger partial charge < -0.3 is 14.4 Å². The summed E-state index contributed by atoms with van der Waals surface area (Å²) in [5.41, 5.74) is 0.343. The van der Waals surface area contributed by atoms with Gasteiger partial charge in [-0.25, -0.2) is 0 Å². The van der Waals surface area contributed by atoms with Crippen LogP contribution in [0, 0.1) is 0 Å². The number of benzene rings is 1. The second-order valence-corrected chi connectivity index (χ2v) is 6.78. The lowest BCUT2D eigenvalue weighted by Crippen LogP contribution is -2.48. The van der Waals surface area contributed by atoms with Gasteiger partial charge in [-0.15, -0.1) is 0 Å². The standard InChI is InChI=1S/C20H26BNO4/c1-4-25-18(23)13-9-8-12-17-16(14-15-10-6-5-7-11-15)22(19(21)24)20(2,3)26-17/h5-11,16-17H,4,12-14H2,1-3H3/b9-8+. The molecule has 0 N–H and O–H groups in total. The molecule has 0 saturated carbocycles. The summed E-state index contributed by atoms with van der Waals surface area (Å²) in [6.45, 7) is 5.85. The Hall–Kier alpha value is -2.08. The largest absolute Gasteiger partial charge is 0.466 e. The minimum atomic E-state index is -0.773. The Labute approximate surface area is 156 Å². The highest BCUT2D eigenvalue weighted by Crippen LogP contribution is 2.35. The van der Waals surface area contributed by atoms with Crippen molar-refractivity contribution in [2.24, 2.45) is 0 Å². The zero-order valence-corrected chi connectivity index (χ0v) is 15.7. The Balaban J connectivity index is 2.10. The highest BCUT2D eigenvalue weighted by Gasteiger charge is 2.47. The van der Waals surface area contributed by atoms with Crippen molar-refractivity contribution in [3.05, 3.63) is 48.0 Å². The summed E-state index contributed by atoms with van der Waals surface area (Å²) in [7, 11) is 5.64. The normalized spacial score (nSPS) is 21.9. The third-order valence-electron chi connectivity index (χ3n) is 4.43. The van der Waals surface area contributed by atoms with Crippen LogP contribution in [0.5, 0.6) is 0 Å². The highest BCUT2D eigenvalue weighted by atomic mass is 16.5. The molecule has 1 amide bonds. The summed E-state index contributed by atoms with van der Waals surface area (Å²) in [6, 6.07) is 9.78. The summed E-state index contributed by atoms with van der Waals surface area (Å²) in [5, 5.41) is 0. The van der Waals surface area contributed by atoms with E-state index in [-0.39, 0.29) is 24.5 Å². The van der Waals surface area contributed by atoms with Crippen LogP contribution in [0.15, 0.2) is 42.5 Å². The number of hydrogen-bond acceptors (Lipinski definition) is 4. The first-order chi connectivity index (χ1) is 12.3. The molecule has 1 aliphatic heterocycles. The molecule has 0 aromatic heterocycles. The molecule has 0 bridgehead atoms. The lowest BCUT2D eigenvalue weighted by Gasteiger charge is -2.33. The van der Waals surface area contributed by atoms with Gasteiger partial charge in [0.1, 0.15) is 5.72 Å². The molecule has 2 unspecified atom stereocenters. The maximum absolute atomic E-state index is 12.0. The topological polar surface area (TPSA) is 55.8 Å². The van der Waals surface area contributed by atoms with Crippen LogP contribution in [0.4, 0.5) is 4.79 Å². The SMILES string of the molecule is [B]C(=O)N1C(Cc2ccccc2)C(C/C=C/CC(=O)OCC)OC1(C)C. The van der Waals surface area contributed by atoms with E-state index in [1.807, 2.05) is 50.3 Å². The molecule has 1 aromatic carbocycles. The predicted molar refractivity (Wildman–Crippen MR) is 101 cm³/mol. The second kappa shape index (κ2) is 9.03. The molecule has 5 nitrogen and oxygen atoms in total. The number of ether oxygens (including phenoxy) is 2. The van der Waals surface area contributed by atoms with E-state index in [1.54, 1.807) is 17.9 Å². The van der Waals surface area contributed by atoms with Crippen molar-refractivity contribution >= 4 is 19.6 Å². The quantitative estimate of drug-likeness (QED) is 0.428. The van der Waals surface area contributed by atoms with Crippen LogP contribution < -0.4 is 0 Å². The number of hydrogen-bond donors (Lipinski definition) is 0. The van der Waals surface area contributed by atoms with Crippen molar-refractivity contribution in [1.82, 2.24) is 4.90 Å². The smallest absolute Gasteiger partial charge is 0.309 e. The summed E-state index contributed by atoms with van der Waals surface area (Å²) in [5.74, 6) is -0.745. The van der Waals surface area contributed by atoms with E-state index >= 15 is 0 Å². The Morgan fingerprint density at radius 3 is 2.58 bits per heavy atom. The summed E-state index contributed by atoms with van der Waals surface area (Å²) < 4.78 is 11.0. The van der Waals surface area contributed by atoms with Crippen LogP contribution in [0.1, 0.15) is 39.2 Å². The molecule has 1 aliphatic rings. The molecule has 2 radical (unpaired) electrons. The number of esters is 1. The maximum Gasteiger partial charge on any atom is 0.309 e. The first kappa shape index (κ1) is 20.2. The molecular weight excluding hydrogens is 329 g/mol. The number of carbonyl (C=O) groups is 2. The summed E-state index contributed by atoms with van der Waals surface area (Å²) >= 11 is 0. The van der Waals surface area contributed by atoms with Crippen LogP contribution >= 0.6 is 0 Å². The molecule has 6 heteroatoms. The van der Waals surface area contributed by atoms with Crippen LogP contribution in [0.3, 0.4) is 0 Å². The molecule has 138 valence electrons. The maximum atomic E-state index is 12.0. The number of nitrogens with zero attached hydrogens (tertiary/aromatic N) is 1. The predicted octanol–water partition coefficient (Wildman–Crippen LogP) is 3.22. The summed E-state index contributed by atoms with van der Waals surface area (Å²) in [4.78, 5) is 25.1. The average Bonchev–Trinajstić information content (AvgIpc) is 2.83. The first-order valence-corrected chi connectivity index (χ1v) is 8.96. The van der Waals surface area contributed by atoms with Gasteiger partial charge in [0.05, 0.1) is 25.2 Å². The van der Waals surface area contributed by atoms with Gasteiger partial charge in [0.2, 0.25) is 7.85 Å². The Bertz CT molecular complexity index is 644. The van der Waals surface area contributed by atoms with E-state index in [2.05, 4.69) is 0 Å². The lowest BCUT2D eigenvalue weighted by atomic mass is 9.95. The number of amides is 1. The van der Waals surface area contributed by atoms with Crippen LogP contribution in [0.2, 0.25) is 0 Å². The van der Waals surface area contributed by atoms with E-state index < -0.39 is 11.5 Å². The molecular formula is C20H26BNO4. The number of rotatable bonds is 7. The fraction of sp³-hybridized carbons (Fsp3) is 0.500. The van der Waals surface area contributed by atoms with E-state index in [9.17, 15) is 9.59 Å². The van der Waals surface area contributed by atoms with Gasteiger partial charge in [-0.1, -0.05) is 42.5 Å². The monoisotopic (exact) mass is 355 g/mol. The van der Waals surface area contributed by atoms with E-state index in [0.29, 0.717) is 19.4 Å². The minimum Gasteiger partial charge on any atom is -0.466 e. The van der Waals surface area contributed by atoms with Crippen LogP contribution in [0.25, 0.3) is 0 Å². The van der Waals surface area contributed by atoms with Gasteiger partial charge in [0, 0.05) is 0 Å². The fourth-order valence-corrected chi connectivity index (χ4v) is 3.41. The van der Waals surface area contributed by atoms with E-state index in [1.165, 1.54) is 0 Å². The molecule has 0 spiro atoms. The zero-order valence-electron chi connectivity index (χ0n) is 15.7. The van der Waals surface area contributed by atoms with Crippen LogP contribution in [-0.2, 0) is 20.7 Å². The first-order valence-electron chi connectivity index (χ1n) is 8.96. The number of carbonyl (C=O) groups excluding carboxylic acids is 2. The van der Waals surface area contributed by atoms with E-state index in [4.69, 9.17) is 17.3 Å². The lowest BCUT2D eigenvalue weighted by molar-refractivity contribution is -0.142. The summed E-state index contributed by atoms with van der Waals surface area (Å²) in [6.07, 6.45) is 4.96. The Morgan fingerprint density at radius 2 is 1.96 bits per heavy atom. The van der Waals surface area contributed by atoms with Gasteiger partial charge >= 0.3 is 5.97 Å². The Kier molecular flexibility index (Phi) is 7.03. The van der Waals surface area contributed by atoms with Gasteiger partial charge in [-0.05, 0) is 39.2 Å². The van der Waals surface area contributed by atoms with Crippen molar-refractivity contribution in [1.29, 1.82) is 0 Å². The van der Waals surface area contributed by atoms with Crippen molar-refractivity contribution in [2.75, 3.05) is 6.61 Å². The molecule has 2 rings (SSSR count). The van der Waals surface area contributed by atoms with Crippen LogP contribution in [-0.4, -0.2) is 49.0 Å². The second-order valence-electron chi connectivity index (χ2n) is 6.78. The molecule has 0 aliphatic carbocycles. The fourth-order valence-electron chi connectivity index (χ4n) is 3.41. The van der Waals surface area contributed by atoms with Crippen molar-refractivity contribution < 1.29 is 19.1 Å². The molecule has 1 heterocycles. The third-order valence-corrected chi connectivity index (χ3v) is 4.43. The molecule has 26 heavy (non-hydrogen) atoms. The highest BCUT2D eigenvalue weighted by molar-refractivity contribution is 6.57. The third kappa shape index (κ3) is 5.21. The van der Waals surface area contributed by atoms with Crippen molar-refractivity contribution in [3.8, 4) is 0 Å². The van der Waals surface area contributed by atoms with Crippen molar-refractivity contribution in [3.63, 3.8) is 0 Å². The molecule has 1 saturated heterocycles. The average molecular weight is 355 g/mol. The van der Waals surface area contributed by atoms with Gasteiger partial charge in [-0.3, -0.25) is 9.59 Å². The zero-order chi connectivity index (χ0) is 19.2. The molecule has 1 aromatic rings. The molecule has 2 atom stereocenters. The molecule has 1 fully saturated rings. The van der Waals surface area contributed by atoms with Gasteiger partial charge in [0.15, 0.2) is 5.81 Å². The van der Waals surface area contributed by atoms with Crippen molar-refractivity contribution in [2.45, 2.75) is 57.9 Å². The van der Waals surface area contributed by atoms with Gasteiger partial charge in [0.25, 0.3) is 0 Å².